The van der Waals surface area contributed by atoms with Gasteiger partial charge in [0.2, 0.25) is 0 Å². The van der Waals surface area contributed by atoms with E-state index in [-0.39, 0.29) is 15.5 Å². The molecule has 25 heavy (non-hydrogen) atoms. The van der Waals surface area contributed by atoms with Crippen LogP contribution < -0.4 is 5.32 Å². The van der Waals surface area contributed by atoms with Gasteiger partial charge in [0.05, 0.1) is 10.6 Å². The van der Waals surface area contributed by atoms with E-state index in [1.807, 2.05) is 0 Å². The van der Waals surface area contributed by atoms with Gasteiger partial charge in [-0.1, -0.05) is 30.3 Å². The van der Waals surface area contributed by atoms with Gasteiger partial charge >= 0.3 is 0 Å². The molecule has 0 saturated carbocycles. The second-order valence-electron chi connectivity index (χ2n) is 5.26. The SMILES string of the molecule is O=S(=O)(O)c1ccc(Nc2ccc3ccccc3c2S(=O)(=O)O)cc1. The quantitative estimate of drug-likeness (QED) is 0.596. The first-order valence-corrected chi connectivity index (χ1v) is 9.88. The monoisotopic (exact) mass is 379 g/mol. The number of hydrogen-bond acceptors (Lipinski definition) is 5. The van der Waals surface area contributed by atoms with E-state index in [1.165, 1.54) is 30.3 Å². The standard InChI is InChI=1S/C16H13NO6S2/c18-24(19,20)13-8-6-12(7-9-13)17-15-10-5-11-3-1-2-4-14(11)16(15)25(21,22)23/h1-10,17H,(H,18,19,20)(H,21,22,23). The van der Waals surface area contributed by atoms with Crippen molar-refractivity contribution in [3.63, 3.8) is 0 Å². The lowest BCUT2D eigenvalue weighted by Crippen LogP contribution is -2.05. The predicted molar refractivity (Wildman–Crippen MR) is 93.3 cm³/mol. The molecule has 0 amide bonds. The molecular weight excluding hydrogens is 366 g/mol. The van der Waals surface area contributed by atoms with Gasteiger partial charge < -0.3 is 5.32 Å². The molecule has 7 nitrogen and oxygen atoms in total. The van der Waals surface area contributed by atoms with Crippen molar-refractivity contribution in [2.24, 2.45) is 0 Å². The van der Waals surface area contributed by atoms with Crippen molar-refractivity contribution in [1.29, 1.82) is 0 Å². The largest absolute Gasteiger partial charge is 0.354 e. The highest BCUT2D eigenvalue weighted by Gasteiger charge is 2.19. The molecule has 3 N–H and O–H groups in total. The summed E-state index contributed by atoms with van der Waals surface area (Å²) in [7, 11) is -8.83. The molecule has 0 saturated heterocycles. The minimum Gasteiger partial charge on any atom is -0.354 e. The number of rotatable bonds is 4. The second kappa shape index (κ2) is 6.12. The number of anilines is 2. The molecule has 0 fully saturated rings. The van der Waals surface area contributed by atoms with Gasteiger partial charge in [0.25, 0.3) is 20.2 Å². The van der Waals surface area contributed by atoms with Crippen LogP contribution in [0.4, 0.5) is 11.4 Å². The summed E-state index contributed by atoms with van der Waals surface area (Å²) >= 11 is 0. The molecule has 9 heteroatoms. The normalized spacial score (nSPS) is 12.2. The Balaban J connectivity index is 2.10. The van der Waals surface area contributed by atoms with Gasteiger partial charge in [-0.3, -0.25) is 9.11 Å². The van der Waals surface area contributed by atoms with Crippen LogP contribution in [0.1, 0.15) is 0 Å². The molecule has 3 rings (SSSR count). The minimum atomic E-state index is -4.51. The molecular formula is C16H13NO6S2. The van der Waals surface area contributed by atoms with Crippen LogP contribution in [0.15, 0.2) is 70.5 Å². The van der Waals surface area contributed by atoms with Gasteiger partial charge in [0, 0.05) is 11.1 Å². The summed E-state index contributed by atoms with van der Waals surface area (Å²) in [5.74, 6) is 0. The van der Waals surface area contributed by atoms with Crippen molar-refractivity contribution >= 4 is 42.4 Å². The third kappa shape index (κ3) is 3.64. The van der Waals surface area contributed by atoms with Crippen LogP contribution in [0.5, 0.6) is 0 Å². The van der Waals surface area contributed by atoms with Crippen LogP contribution in [0.2, 0.25) is 0 Å². The Bertz CT molecular complexity index is 1150. The predicted octanol–water partition coefficient (Wildman–Crippen LogP) is 3.08. The maximum absolute atomic E-state index is 11.8. The third-order valence-corrected chi connectivity index (χ3v) is 5.39. The maximum atomic E-state index is 11.8. The lowest BCUT2D eigenvalue weighted by molar-refractivity contribution is 0.481. The molecule has 130 valence electrons. The van der Waals surface area contributed by atoms with Crippen molar-refractivity contribution in [3.05, 3.63) is 60.7 Å². The molecule has 0 aliphatic carbocycles. The van der Waals surface area contributed by atoms with Crippen LogP contribution in [0.3, 0.4) is 0 Å². The van der Waals surface area contributed by atoms with Gasteiger partial charge in [-0.15, -0.1) is 0 Å². The molecule has 0 heterocycles. The van der Waals surface area contributed by atoms with Crippen molar-refractivity contribution in [2.75, 3.05) is 5.32 Å². The van der Waals surface area contributed by atoms with E-state index in [0.29, 0.717) is 16.5 Å². The molecule has 3 aromatic rings. The van der Waals surface area contributed by atoms with Gasteiger partial charge in [0.15, 0.2) is 0 Å². The van der Waals surface area contributed by atoms with Crippen LogP contribution in [0.25, 0.3) is 10.8 Å². The van der Waals surface area contributed by atoms with Crippen LogP contribution >= 0.6 is 0 Å². The fourth-order valence-corrected chi connectivity index (χ4v) is 3.83. The topological polar surface area (TPSA) is 121 Å². The van der Waals surface area contributed by atoms with E-state index < -0.39 is 20.2 Å². The third-order valence-electron chi connectivity index (χ3n) is 3.57. The van der Waals surface area contributed by atoms with E-state index in [4.69, 9.17) is 4.55 Å². The second-order valence-corrected chi connectivity index (χ2v) is 8.04. The van der Waals surface area contributed by atoms with E-state index in [0.717, 1.165) is 0 Å². The Labute approximate surface area is 144 Å². The summed E-state index contributed by atoms with van der Waals surface area (Å²) in [6, 6.07) is 15.0. The molecule has 0 bridgehead atoms. The van der Waals surface area contributed by atoms with E-state index >= 15 is 0 Å². The van der Waals surface area contributed by atoms with Crippen molar-refractivity contribution < 1.29 is 25.9 Å². The zero-order valence-electron chi connectivity index (χ0n) is 12.6. The summed E-state index contributed by atoms with van der Waals surface area (Å²) in [6.07, 6.45) is 0. The zero-order valence-corrected chi connectivity index (χ0v) is 14.3. The molecule has 0 unspecified atom stereocenters. The number of benzene rings is 3. The van der Waals surface area contributed by atoms with Gasteiger partial charge in [0.1, 0.15) is 4.90 Å². The van der Waals surface area contributed by atoms with Crippen LogP contribution in [0, 0.1) is 0 Å². The number of nitrogens with one attached hydrogen (secondary N) is 1. The zero-order chi connectivity index (χ0) is 18.2. The molecule has 0 spiro atoms. The highest BCUT2D eigenvalue weighted by molar-refractivity contribution is 7.86. The molecule has 0 atom stereocenters. The van der Waals surface area contributed by atoms with Gasteiger partial charge in [-0.05, 0) is 35.7 Å². The Morgan fingerprint density at radius 2 is 1.36 bits per heavy atom. The van der Waals surface area contributed by atoms with E-state index in [2.05, 4.69) is 5.32 Å². The summed E-state index contributed by atoms with van der Waals surface area (Å²) in [4.78, 5) is -0.559. The Hall–Kier alpha value is -2.46. The van der Waals surface area contributed by atoms with Gasteiger partial charge in [-0.2, -0.15) is 16.8 Å². The molecule has 0 aliphatic rings. The highest BCUT2D eigenvalue weighted by Crippen LogP contribution is 2.32. The molecule has 0 aliphatic heterocycles. The maximum Gasteiger partial charge on any atom is 0.297 e. The Kier molecular flexibility index (Phi) is 4.25. The lowest BCUT2D eigenvalue weighted by Gasteiger charge is -2.13. The fourth-order valence-electron chi connectivity index (χ4n) is 2.49. The Morgan fingerprint density at radius 1 is 0.720 bits per heavy atom. The average molecular weight is 379 g/mol. The van der Waals surface area contributed by atoms with E-state index in [1.54, 1.807) is 30.3 Å². The molecule has 0 aromatic heterocycles. The van der Waals surface area contributed by atoms with Crippen LogP contribution in [-0.2, 0) is 20.2 Å². The van der Waals surface area contributed by atoms with Crippen molar-refractivity contribution in [1.82, 2.24) is 0 Å². The smallest absolute Gasteiger partial charge is 0.297 e. The minimum absolute atomic E-state index is 0.140. The number of hydrogen-bond donors (Lipinski definition) is 3. The Morgan fingerprint density at radius 3 is 1.96 bits per heavy atom. The first-order chi connectivity index (χ1) is 11.7. The van der Waals surface area contributed by atoms with Crippen molar-refractivity contribution in [3.8, 4) is 0 Å². The summed E-state index contributed by atoms with van der Waals surface area (Å²) in [5, 5.41) is 3.83. The van der Waals surface area contributed by atoms with Crippen molar-refractivity contribution in [2.45, 2.75) is 9.79 Å². The first-order valence-electron chi connectivity index (χ1n) is 7.00. The summed E-state index contributed by atoms with van der Waals surface area (Å²) in [6.45, 7) is 0. The average Bonchev–Trinajstić information content (AvgIpc) is 2.53. The molecule has 0 radical (unpaired) electrons. The summed E-state index contributed by atoms with van der Waals surface area (Å²) in [5.41, 5.74) is 0.522. The number of fused-ring (bicyclic) bond motifs is 1. The highest BCUT2D eigenvalue weighted by atomic mass is 32.2. The van der Waals surface area contributed by atoms with Gasteiger partial charge in [-0.25, -0.2) is 0 Å². The first kappa shape index (κ1) is 17.4. The lowest BCUT2D eigenvalue weighted by atomic mass is 10.1. The fraction of sp³-hybridized carbons (Fsp3) is 0. The van der Waals surface area contributed by atoms with Crippen LogP contribution in [-0.4, -0.2) is 25.9 Å². The summed E-state index contributed by atoms with van der Waals surface area (Å²) < 4.78 is 64.4. The molecule has 3 aromatic carbocycles. The van der Waals surface area contributed by atoms with E-state index in [9.17, 15) is 21.4 Å².